The summed E-state index contributed by atoms with van der Waals surface area (Å²) in [4.78, 5) is 16.1. The Kier molecular flexibility index (Phi) is 3.38. The van der Waals surface area contributed by atoms with Crippen LogP contribution in [0.2, 0.25) is 0 Å². The molecule has 0 amide bonds. The average molecular weight is 294 g/mol. The van der Waals surface area contributed by atoms with Gasteiger partial charge in [0.25, 0.3) is 0 Å². The number of hydrogen-bond donors (Lipinski definition) is 0. The molecule has 2 aromatic rings. The highest BCUT2D eigenvalue weighted by Crippen LogP contribution is 2.13. The molecule has 0 aliphatic heterocycles. The van der Waals surface area contributed by atoms with E-state index in [4.69, 9.17) is 0 Å². The largest absolute Gasteiger partial charge is 0.294 e. The molecule has 2 rings (SSSR count). The number of carbonyl (C=O) groups is 1. The van der Waals surface area contributed by atoms with E-state index >= 15 is 0 Å². The van der Waals surface area contributed by atoms with Gasteiger partial charge in [-0.05, 0) is 34.5 Å². The van der Waals surface area contributed by atoms with Crippen molar-refractivity contribution in [2.75, 3.05) is 0 Å². The number of ketones is 1. The summed E-state index contributed by atoms with van der Waals surface area (Å²) in [7, 11) is 1.81. The van der Waals surface area contributed by atoms with E-state index in [0.29, 0.717) is 12.0 Å². The van der Waals surface area contributed by atoms with E-state index < -0.39 is 0 Å². The van der Waals surface area contributed by atoms with Gasteiger partial charge in [-0.25, -0.2) is 0 Å². The van der Waals surface area contributed by atoms with E-state index in [2.05, 4.69) is 26.0 Å². The average Bonchev–Trinajstić information content (AvgIpc) is 2.58. The van der Waals surface area contributed by atoms with Crippen LogP contribution in [0.15, 0.2) is 29.1 Å². The lowest BCUT2D eigenvalue weighted by Gasteiger charge is -2.00. The lowest BCUT2D eigenvalue weighted by atomic mass is 10.1. The van der Waals surface area contributed by atoms with Crippen LogP contribution in [-0.2, 0) is 13.5 Å². The van der Waals surface area contributed by atoms with Crippen molar-refractivity contribution in [3.63, 3.8) is 0 Å². The van der Waals surface area contributed by atoms with Crippen LogP contribution in [0.1, 0.15) is 21.6 Å². The monoisotopic (exact) mass is 293 g/mol. The Labute approximate surface area is 108 Å². The van der Waals surface area contributed by atoms with Crippen molar-refractivity contribution < 1.29 is 4.79 Å². The van der Waals surface area contributed by atoms with Crippen molar-refractivity contribution in [1.29, 1.82) is 0 Å². The van der Waals surface area contributed by atoms with Crippen molar-refractivity contribution in [3.05, 3.63) is 46.0 Å². The summed E-state index contributed by atoms with van der Waals surface area (Å²) in [6, 6.07) is 1.90. The molecule has 0 fully saturated rings. The number of aromatic nitrogens is 3. The number of pyridine rings is 1. The third-order valence-electron chi connectivity index (χ3n) is 2.44. The van der Waals surface area contributed by atoms with Crippen LogP contribution in [0.4, 0.5) is 0 Å². The smallest absolute Gasteiger partial charge is 0.170 e. The van der Waals surface area contributed by atoms with Crippen LogP contribution in [0.25, 0.3) is 0 Å². The van der Waals surface area contributed by atoms with E-state index in [1.54, 1.807) is 23.3 Å². The summed E-state index contributed by atoms with van der Waals surface area (Å²) < 4.78 is 2.53. The van der Waals surface area contributed by atoms with E-state index in [9.17, 15) is 4.79 Å². The summed E-state index contributed by atoms with van der Waals surface area (Å²) in [6.45, 7) is 1.84. The Morgan fingerprint density at radius 1 is 1.47 bits per heavy atom. The van der Waals surface area contributed by atoms with Crippen LogP contribution >= 0.6 is 15.9 Å². The summed E-state index contributed by atoms with van der Waals surface area (Å²) in [5.74, 6) is 0.0653. The van der Waals surface area contributed by atoms with Gasteiger partial charge in [0.15, 0.2) is 5.78 Å². The second-order valence-corrected chi connectivity index (χ2v) is 4.83. The third kappa shape index (κ3) is 2.79. The van der Waals surface area contributed by atoms with Gasteiger partial charge in [-0.3, -0.25) is 14.5 Å². The maximum Gasteiger partial charge on any atom is 0.170 e. The van der Waals surface area contributed by atoms with Crippen LogP contribution in [0, 0.1) is 6.92 Å². The fourth-order valence-corrected chi connectivity index (χ4v) is 2.12. The first-order valence-corrected chi connectivity index (χ1v) is 5.98. The molecule has 88 valence electrons. The van der Waals surface area contributed by atoms with Gasteiger partial charge in [-0.2, -0.15) is 5.10 Å². The highest BCUT2D eigenvalue weighted by Gasteiger charge is 2.13. The molecule has 0 aliphatic carbocycles. The molecule has 0 aromatic carbocycles. The van der Waals surface area contributed by atoms with Crippen molar-refractivity contribution in [3.8, 4) is 0 Å². The van der Waals surface area contributed by atoms with Gasteiger partial charge in [0.05, 0.1) is 11.3 Å². The fourth-order valence-electron chi connectivity index (χ4n) is 1.71. The molecule has 0 saturated carbocycles. The second kappa shape index (κ2) is 4.79. The highest BCUT2D eigenvalue weighted by atomic mass is 79.9. The molecule has 2 aromatic heterocycles. The van der Waals surface area contributed by atoms with Crippen LogP contribution < -0.4 is 0 Å². The quantitative estimate of drug-likeness (QED) is 0.816. The molecule has 0 atom stereocenters. The van der Waals surface area contributed by atoms with Crippen molar-refractivity contribution in [2.45, 2.75) is 13.3 Å². The maximum absolute atomic E-state index is 12.1. The lowest BCUT2D eigenvalue weighted by molar-refractivity contribution is 0.0992. The van der Waals surface area contributed by atoms with E-state index in [1.165, 1.54) is 0 Å². The number of rotatable bonds is 3. The Bertz CT molecular complexity index is 563. The molecule has 0 spiro atoms. The second-order valence-electron chi connectivity index (χ2n) is 3.91. The zero-order valence-electron chi connectivity index (χ0n) is 9.64. The summed E-state index contributed by atoms with van der Waals surface area (Å²) >= 11 is 3.34. The van der Waals surface area contributed by atoms with Gasteiger partial charge >= 0.3 is 0 Å². The minimum atomic E-state index is 0.0653. The molecular formula is C12H12BrN3O. The minimum absolute atomic E-state index is 0.0653. The molecular weight excluding hydrogens is 282 g/mol. The molecule has 2 heterocycles. The zero-order valence-corrected chi connectivity index (χ0v) is 11.2. The number of aryl methyl sites for hydroxylation is 2. The number of halogens is 1. The van der Waals surface area contributed by atoms with Gasteiger partial charge in [0.1, 0.15) is 0 Å². The molecule has 0 N–H and O–H groups in total. The molecule has 0 bridgehead atoms. The summed E-state index contributed by atoms with van der Waals surface area (Å²) in [6.07, 6.45) is 5.50. The third-order valence-corrected chi connectivity index (χ3v) is 2.87. The van der Waals surface area contributed by atoms with Crippen LogP contribution in [-0.4, -0.2) is 20.5 Å². The molecule has 0 aliphatic rings. The first-order chi connectivity index (χ1) is 8.06. The number of carbonyl (C=O) groups excluding carboxylic acids is 1. The SMILES string of the molecule is Cc1nn(C)cc1C(=O)Cc1cncc(Br)c1. The Hall–Kier alpha value is -1.49. The molecule has 0 radical (unpaired) electrons. The molecule has 5 heteroatoms. The Balaban J connectivity index is 2.20. The Morgan fingerprint density at radius 2 is 2.24 bits per heavy atom. The van der Waals surface area contributed by atoms with Crippen molar-refractivity contribution in [1.82, 2.24) is 14.8 Å². The van der Waals surface area contributed by atoms with E-state index in [1.807, 2.05) is 20.0 Å². The molecule has 17 heavy (non-hydrogen) atoms. The minimum Gasteiger partial charge on any atom is -0.294 e. The summed E-state index contributed by atoms with van der Waals surface area (Å²) in [5, 5.41) is 4.16. The standard InChI is InChI=1S/C12H12BrN3O/c1-8-11(7-16(2)15-8)12(17)4-9-3-10(13)6-14-5-9/h3,5-7H,4H2,1-2H3. The number of nitrogens with zero attached hydrogens (tertiary/aromatic N) is 3. The van der Waals surface area contributed by atoms with Gasteiger partial charge in [-0.1, -0.05) is 0 Å². The van der Waals surface area contributed by atoms with Crippen LogP contribution in [0.5, 0.6) is 0 Å². The van der Waals surface area contributed by atoms with E-state index in [0.717, 1.165) is 15.7 Å². The van der Waals surface area contributed by atoms with Gasteiger partial charge in [-0.15, -0.1) is 0 Å². The first kappa shape index (κ1) is 12.0. The van der Waals surface area contributed by atoms with Crippen LogP contribution in [0.3, 0.4) is 0 Å². The maximum atomic E-state index is 12.1. The first-order valence-electron chi connectivity index (χ1n) is 5.19. The van der Waals surface area contributed by atoms with Crippen molar-refractivity contribution in [2.24, 2.45) is 7.05 Å². The van der Waals surface area contributed by atoms with Gasteiger partial charge in [0, 0.05) is 36.5 Å². The zero-order chi connectivity index (χ0) is 12.4. The fraction of sp³-hybridized carbons (Fsp3) is 0.250. The highest BCUT2D eigenvalue weighted by molar-refractivity contribution is 9.10. The number of Topliss-reactive ketones (excluding diaryl/α,β-unsaturated/α-hetero) is 1. The lowest BCUT2D eigenvalue weighted by Crippen LogP contribution is -2.04. The normalized spacial score (nSPS) is 10.5. The predicted octanol–water partition coefficient (Wildman–Crippen LogP) is 2.31. The summed E-state index contributed by atoms with van der Waals surface area (Å²) in [5.41, 5.74) is 2.33. The van der Waals surface area contributed by atoms with Gasteiger partial charge < -0.3 is 0 Å². The van der Waals surface area contributed by atoms with Crippen molar-refractivity contribution >= 4 is 21.7 Å². The van der Waals surface area contributed by atoms with Gasteiger partial charge in [0.2, 0.25) is 0 Å². The predicted molar refractivity (Wildman–Crippen MR) is 67.9 cm³/mol. The number of hydrogen-bond acceptors (Lipinski definition) is 3. The molecule has 4 nitrogen and oxygen atoms in total. The molecule has 0 saturated heterocycles. The Morgan fingerprint density at radius 3 is 2.82 bits per heavy atom. The van der Waals surface area contributed by atoms with E-state index in [-0.39, 0.29) is 5.78 Å². The molecule has 0 unspecified atom stereocenters. The topological polar surface area (TPSA) is 47.8 Å².